The molecule has 0 bridgehead atoms. The lowest BCUT2D eigenvalue weighted by Crippen LogP contribution is -2.13. The second-order valence-corrected chi connectivity index (χ2v) is 5.84. The number of hydrogen-bond acceptors (Lipinski definition) is 3. The first-order chi connectivity index (χ1) is 11.6. The predicted molar refractivity (Wildman–Crippen MR) is 99.4 cm³/mol. The fourth-order valence-electron chi connectivity index (χ4n) is 2.97. The second-order valence-electron chi connectivity index (χ2n) is 5.84. The van der Waals surface area contributed by atoms with Crippen molar-refractivity contribution in [3.63, 3.8) is 0 Å². The molecule has 1 heterocycles. The highest BCUT2D eigenvalue weighted by Crippen LogP contribution is 2.30. The van der Waals surface area contributed by atoms with Gasteiger partial charge < -0.3 is 14.6 Å². The highest BCUT2D eigenvalue weighted by Gasteiger charge is 2.09. The average Bonchev–Trinajstić information content (AvgIpc) is 2.91. The summed E-state index contributed by atoms with van der Waals surface area (Å²) in [6, 6.07) is 14.8. The quantitative estimate of drug-likeness (QED) is 0.417. The summed E-state index contributed by atoms with van der Waals surface area (Å²) in [5.41, 5.74) is 3.93. The zero-order valence-electron chi connectivity index (χ0n) is 14.1. The summed E-state index contributed by atoms with van der Waals surface area (Å²) in [4.78, 5) is 11.4. The smallest absolute Gasteiger partial charge is 0.333 e. The number of carbonyl (C=O) groups excluding carboxylic acids is 1. The van der Waals surface area contributed by atoms with Crippen LogP contribution in [0.3, 0.4) is 0 Å². The minimum absolute atomic E-state index is 0.320. The molecule has 0 fully saturated rings. The van der Waals surface area contributed by atoms with Gasteiger partial charge in [-0.25, -0.2) is 4.79 Å². The lowest BCUT2D eigenvalue weighted by atomic mass is 10.1. The average molecular weight is 322 g/mol. The van der Waals surface area contributed by atoms with Gasteiger partial charge in [0.15, 0.2) is 0 Å². The number of aromatic nitrogens is 1. The van der Waals surface area contributed by atoms with E-state index in [4.69, 9.17) is 4.74 Å². The molecule has 124 valence electrons. The first-order valence-electron chi connectivity index (χ1n) is 8.19. The van der Waals surface area contributed by atoms with Crippen molar-refractivity contribution in [3.8, 4) is 0 Å². The Kier molecular flexibility index (Phi) is 4.56. The number of hydrogen-bond donors (Lipinski definition) is 1. The van der Waals surface area contributed by atoms with Gasteiger partial charge in [-0.05, 0) is 38.1 Å². The minimum Gasteiger partial charge on any atom is -0.460 e. The molecule has 0 aliphatic rings. The Morgan fingerprint density at radius 1 is 1.17 bits per heavy atom. The molecule has 4 nitrogen and oxygen atoms in total. The van der Waals surface area contributed by atoms with Crippen molar-refractivity contribution >= 4 is 33.5 Å². The Bertz CT molecular complexity index is 909. The minimum atomic E-state index is -0.349. The van der Waals surface area contributed by atoms with E-state index >= 15 is 0 Å². The number of para-hydroxylation sites is 1. The van der Waals surface area contributed by atoms with Gasteiger partial charge >= 0.3 is 5.97 Å². The van der Waals surface area contributed by atoms with Gasteiger partial charge in [0, 0.05) is 46.2 Å². The van der Waals surface area contributed by atoms with Crippen LogP contribution in [0.15, 0.2) is 54.6 Å². The first kappa shape index (κ1) is 16.1. The molecule has 0 unspecified atom stereocenters. The normalized spacial score (nSPS) is 10.9. The maximum atomic E-state index is 11.4. The van der Waals surface area contributed by atoms with Gasteiger partial charge in [-0.2, -0.15) is 0 Å². The van der Waals surface area contributed by atoms with Crippen molar-refractivity contribution < 1.29 is 9.53 Å². The van der Waals surface area contributed by atoms with Crippen LogP contribution < -0.4 is 5.32 Å². The number of anilines is 1. The SMILES string of the molecule is C=C(C)C(=O)OCCNc1ccc2c(c1)c1ccccc1n2CC. The Balaban J connectivity index is 1.80. The Morgan fingerprint density at radius 3 is 2.67 bits per heavy atom. The number of nitrogens with one attached hydrogen (secondary N) is 1. The number of carbonyl (C=O) groups is 1. The molecule has 24 heavy (non-hydrogen) atoms. The number of esters is 1. The van der Waals surface area contributed by atoms with Crippen LogP contribution in [-0.4, -0.2) is 23.7 Å². The van der Waals surface area contributed by atoms with E-state index in [9.17, 15) is 4.79 Å². The van der Waals surface area contributed by atoms with Crippen molar-refractivity contribution in [2.45, 2.75) is 20.4 Å². The molecule has 0 saturated heterocycles. The third-order valence-corrected chi connectivity index (χ3v) is 4.10. The Labute approximate surface area is 141 Å². The van der Waals surface area contributed by atoms with Crippen LogP contribution in [-0.2, 0) is 16.1 Å². The van der Waals surface area contributed by atoms with Crippen LogP contribution in [0.4, 0.5) is 5.69 Å². The molecule has 3 aromatic rings. The molecule has 0 spiro atoms. The summed E-state index contributed by atoms with van der Waals surface area (Å²) in [7, 11) is 0. The van der Waals surface area contributed by atoms with Crippen molar-refractivity contribution in [1.82, 2.24) is 4.57 Å². The predicted octanol–water partition coefficient (Wildman–Crippen LogP) is 4.35. The first-order valence-corrected chi connectivity index (χ1v) is 8.19. The number of nitrogens with zero attached hydrogens (tertiary/aromatic N) is 1. The van der Waals surface area contributed by atoms with Gasteiger partial charge in [-0.1, -0.05) is 24.8 Å². The highest BCUT2D eigenvalue weighted by molar-refractivity contribution is 6.09. The summed E-state index contributed by atoms with van der Waals surface area (Å²) in [6.45, 7) is 9.20. The molecule has 1 aromatic heterocycles. The van der Waals surface area contributed by atoms with Gasteiger partial charge in [0.05, 0.1) is 0 Å². The molecule has 2 aromatic carbocycles. The van der Waals surface area contributed by atoms with E-state index in [2.05, 4.69) is 65.9 Å². The van der Waals surface area contributed by atoms with Crippen molar-refractivity contribution in [2.75, 3.05) is 18.5 Å². The van der Waals surface area contributed by atoms with Crippen LogP contribution in [0.2, 0.25) is 0 Å². The van der Waals surface area contributed by atoms with E-state index < -0.39 is 0 Å². The summed E-state index contributed by atoms with van der Waals surface area (Å²) >= 11 is 0. The summed E-state index contributed by atoms with van der Waals surface area (Å²) in [5, 5.41) is 5.80. The fourth-order valence-corrected chi connectivity index (χ4v) is 2.97. The molecule has 0 atom stereocenters. The lowest BCUT2D eigenvalue weighted by Gasteiger charge is -2.08. The van der Waals surface area contributed by atoms with E-state index in [1.165, 1.54) is 21.8 Å². The molecule has 1 N–H and O–H groups in total. The molecule has 0 aliphatic heterocycles. The molecule has 4 heteroatoms. The van der Waals surface area contributed by atoms with Gasteiger partial charge in [0.1, 0.15) is 6.61 Å². The number of ether oxygens (including phenoxy) is 1. The topological polar surface area (TPSA) is 43.3 Å². The number of benzene rings is 2. The zero-order chi connectivity index (χ0) is 17.1. The van der Waals surface area contributed by atoms with Crippen molar-refractivity contribution in [3.05, 3.63) is 54.6 Å². The fraction of sp³-hybridized carbons (Fsp3) is 0.250. The molecule has 3 rings (SSSR count). The maximum Gasteiger partial charge on any atom is 0.333 e. The van der Waals surface area contributed by atoms with Crippen LogP contribution in [0.5, 0.6) is 0 Å². The number of fused-ring (bicyclic) bond motifs is 3. The highest BCUT2D eigenvalue weighted by atomic mass is 16.5. The standard InChI is InChI=1S/C20H22N2O2/c1-4-22-18-8-6-5-7-16(18)17-13-15(9-10-19(17)22)21-11-12-24-20(23)14(2)3/h5-10,13,21H,2,4,11-12H2,1,3H3. The van der Waals surface area contributed by atoms with E-state index in [0.717, 1.165) is 12.2 Å². The van der Waals surface area contributed by atoms with E-state index in [-0.39, 0.29) is 5.97 Å². The number of aryl methyl sites for hydroxylation is 1. The van der Waals surface area contributed by atoms with Crippen LogP contribution in [0.25, 0.3) is 21.8 Å². The Morgan fingerprint density at radius 2 is 1.92 bits per heavy atom. The molecule has 0 aliphatic carbocycles. The van der Waals surface area contributed by atoms with E-state index in [1.54, 1.807) is 6.92 Å². The zero-order valence-corrected chi connectivity index (χ0v) is 14.1. The van der Waals surface area contributed by atoms with Gasteiger partial charge in [0.25, 0.3) is 0 Å². The molecular formula is C20H22N2O2. The summed E-state index contributed by atoms with van der Waals surface area (Å²) < 4.78 is 7.42. The molecule has 0 radical (unpaired) electrons. The van der Waals surface area contributed by atoms with Crippen LogP contribution in [0, 0.1) is 0 Å². The monoisotopic (exact) mass is 322 g/mol. The van der Waals surface area contributed by atoms with Crippen molar-refractivity contribution in [2.24, 2.45) is 0 Å². The van der Waals surface area contributed by atoms with E-state index in [1.807, 2.05) is 0 Å². The summed E-state index contributed by atoms with van der Waals surface area (Å²) in [6.07, 6.45) is 0. The van der Waals surface area contributed by atoms with Crippen LogP contribution >= 0.6 is 0 Å². The largest absolute Gasteiger partial charge is 0.460 e. The van der Waals surface area contributed by atoms with Gasteiger partial charge in [-0.3, -0.25) is 0 Å². The number of rotatable bonds is 6. The third-order valence-electron chi connectivity index (χ3n) is 4.10. The van der Waals surface area contributed by atoms with Crippen LogP contribution in [0.1, 0.15) is 13.8 Å². The second kappa shape index (κ2) is 6.79. The Hall–Kier alpha value is -2.75. The van der Waals surface area contributed by atoms with E-state index in [0.29, 0.717) is 18.7 Å². The third kappa shape index (κ3) is 3.00. The van der Waals surface area contributed by atoms with Gasteiger partial charge in [0.2, 0.25) is 0 Å². The molecule has 0 amide bonds. The molecular weight excluding hydrogens is 300 g/mol. The van der Waals surface area contributed by atoms with Crippen molar-refractivity contribution in [1.29, 1.82) is 0 Å². The van der Waals surface area contributed by atoms with Gasteiger partial charge in [-0.15, -0.1) is 0 Å². The summed E-state index contributed by atoms with van der Waals surface area (Å²) in [5.74, 6) is -0.349. The molecule has 0 saturated carbocycles. The maximum absolute atomic E-state index is 11.4. The lowest BCUT2D eigenvalue weighted by molar-refractivity contribution is -0.138.